The molecule has 0 atom stereocenters. The van der Waals surface area contributed by atoms with Crippen molar-refractivity contribution in [3.05, 3.63) is 98.5 Å². The molecule has 0 aromatic heterocycles. The number of benzene rings is 3. The molecule has 0 fully saturated rings. The maximum Gasteiger partial charge on any atom is 0.345 e. The summed E-state index contributed by atoms with van der Waals surface area (Å²) in [6, 6.07) is 17.7. The molecule has 0 aliphatic rings. The molecule has 1 amide bonds. The van der Waals surface area contributed by atoms with E-state index in [1.807, 2.05) is 0 Å². The molecule has 0 saturated heterocycles. The standard InChI is InChI=1S/C21H13Cl3N2O3/c22-14-7-10-17(19(24)11-14)21(28)29-15-8-5-13(6-9-15)12-25-26-20(27)16-3-1-2-4-18(16)23/h1-12H,(H,26,27)/b25-12-. The van der Waals surface area contributed by atoms with E-state index in [2.05, 4.69) is 10.5 Å². The Morgan fingerprint density at radius 1 is 0.862 bits per heavy atom. The average Bonchev–Trinajstić information content (AvgIpc) is 2.69. The molecule has 0 aliphatic carbocycles. The Labute approximate surface area is 181 Å². The molecule has 0 saturated carbocycles. The van der Waals surface area contributed by atoms with Gasteiger partial charge in [-0.25, -0.2) is 10.2 Å². The number of nitrogens with one attached hydrogen (secondary N) is 1. The Morgan fingerprint density at radius 3 is 2.28 bits per heavy atom. The summed E-state index contributed by atoms with van der Waals surface area (Å²) in [5.41, 5.74) is 3.63. The Kier molecular flexibility index (Phi) is 6.88. The Hall–Kier alpha value is -2.86. The fraction of sp³-hybridized carbons (Fsp3) is 0. The van der Waals surface area contributed by atoms with Crippen LogP contribution in [0.5, 0.6) is 5.75 Å². The second kappa shape index (κ2) is 9.56. The van der Waals surface area contributed by atoms with Gasteiger partial charge < -0.3 is 4.74 Å². The number of esters is 1. The van der Waals surface area contributed by atoms with E-state index in [1.54, 1.807) is 54.6 Å². The van der Waals surface area contributed by atoms with Crippen molar-refractivity contribution in [2.24, 2.45) is 5.10 Å². The first-order valence-corrected chi connectivity index (χ1v) is 9.42. The third-order valence-electron chi connectivity index (χ3n) is 3.74. The first-order valence-electron chi connectivity index (χ1n) is 8.29. The van der Waals surface area contributed by atoms with E-state index in [1.165, 1.54) is 18.3 Å². The van der Waals surface area contributed by atoms with Gasteiger partial charge in [-0.05, 0) is 60.2 Å². The van der Waals surface area contributed by atoms with Crippen LogP contribution in [-0.2, 0) is 0 Å². The summed E-state index contributed by atoms with van der Waals surface area (Å²) in [7, 11) is 0. The molecule has 0 unspecified atom stereocenters. The molecule has 3 aromatic rings. The number of amides is 1. The number of carbonyl (C=O) groups is 2. The van der Waals surface area contributed by atoms with Crippen molar-refractivity contribution in [3.63, 3.8) is 0 Å². The van der Waals surface area contributed by atoms with Crippen LogP contribution in [-0.4, -0.2) is 18.1 Å². The van der Waals surface area contributed by atoms with Gasteiger partial charge in [-0.2, -0.15) is 5.10 Å². The van der Waals surface area contributed by atoms with E-state index in [9.17, 15) is 9.59 Å². The predicted octanol–water partition coefficient (Wildman–Crippen LogP) is 5.63. The summed E-state index contributed by atoms with van der Waals surface area (Å²) < 4.78 is 5.29. The molecule has 1 N–H and O–H groups in total. The van der Waals surface area contributed by atoms with Gasteiger partial charge in [-0.1, -0.05) is 46.9 Å². The van der Waals surface area contributed by atoms with Gasteiger partial charge in [-0.15, -0.1) is 0 Å². The van der Waals surface area contributed by atoms with Crippen LogP contribution in [0.1, 0.15) is 26.3 Å². The molecule has 0 radical (unpaired) electrons. The summed E-state index contributed by atoms with van der Waals surface area (Å²) in [5.74, 6) is -0.685. The largest absolute Gasteiger partial charge is 0.423 e. The van der Waals surface area contributed by atoms with Gasteiger partial charge in [0.2, 0.25) is 0 Å². The van der Waals surface area contributed by atoms with Crippen LogP contribution in [0.4, 0.5) is 0 Å². The number of carbonyl (C=O) groups excluding carboxylic acids is 2. The van der Waals surface area contributed by atoms with Crippen LogP contribution in [0, 0.1) is 0 Å². The molecule has 3 rings (SSSR count). The number of hydrogen-bond donors (Lipinski definition) is 1. The Bertz CT molecular complexity index is 1080. The second-order valence-corrected chi connectivity index (χ2v) is 7.01. The predicted molar refractivity (Wildman–Crippen MR) is 114 cm³/mol. The quantitative estimate of drug-likeness (QED) is 0.238. The van der Waals surface area contributed by atoms with Gasteiger partial charge in [0, 0.05) is 5.02 Å². The zero-order chi connectivity index (χ0) is 20.8. The van der Waals surface area contributed by atoms with Gasteiger partial charge in [-0.3, -0.25) is 4.79 Å². The summed E-state index contributed by atoms with van der Waals surface area (Å²) in [6.07, 6.45) is 1.45. The first kappa shape index (κ1) is 20.9. The molecule has 0 spiro atoms. The topological polar surface area (TPSA) is 67.8 Å². The molecule has 5 nitrogen and oxygen atoms in total. The van der Waals surface area contributed by atoms with Crippen LogP contribution >= 0.6 is 34.8 Å². The fourth-order valence-corrected chi connectivity index (χ4v) is 3.02. The van der Waals surface area contributed by atoms with Crippen LogP contribution in [0.3, 0.4) is 0 Å². The number of ether oxygens (including phenoxy) is 1. The lowest BCUT2D eigenvalue weighted by atomic mass is 10.2. The minimum atomic E-state index is -0.597. The number of halogens is 3. The van der Waals surface area contributed by atoms with Gasteiger partial charge >= 0.3 is 5.97 Å². The van der Waals surface area contributed by atoms with Crippen molar-refractivity contribution < 1.29 is 14.3 Å². The van der Waals surface area contributed by atoms with Gasteiger partial charge in [0.25, 0.3) is 5.91 Å². The molecule has 146 valence electrons. The summed E-state index contributed by atoms with van der Waals surface area (Å²) in [5, 5.41) is 4.87. The van der Waals surface area contributed by atoms with Gasteiger partial charge in [0.1, 0.15) is 5.75 Å². The molecule has 29 heavy (non-hydrogen) atoms. The van der Waals surface area contributed by atoms with E-state index < -0.39 is 11.9 Å². The SMILES string of the molecule is O=C(N/N=C\c1ccc(OC(=O)c2ccc(Cl)cc2Cl)cc1)c1ccccc1Cl. The van der Waals surface area contributed by atoms with Crippen molar-refractivity contribution in [1.82, 2.24) is 5.43 Å². The number of hydrazone groups is 1. The van der Waals surface area contributed by atoms with E-state index in [-0.39, 0.29) is 10.6 Å². The molecule has 3 aromatic carbocycles. The molecule has 8 heteroatoms. The van der Waals surface area contributed by atoms with E-state index in [0.717, 1.165) is 0 Å². The molecular formula is C21H13Cl3N2O3. The lowest BCUT2D eigenvalue weighted by molar-refractivity contribution is 0.0734. The van der Waals surface area contributed by atoms with E-state index in [4.69, 9.17) is 39.5 Å². The van der Waals surface area contributed by atoms with Crippen LogP contribution in [0.2, 0.25) is 15.1 Å². The number of rotatable bonds is 5. The summed E-state index contributed by atoms with van der Waals surface area (Å²) >= 11 is 17.8. The zero-order valence-corrected chi connectivity index (χ0v) is 17.0. The minimum absolute atomic E-state index is 0.209. The van der Waals surface area contributed by atoms with Crippen molar-refractivity contribution in [2.45, 2.75) is 0 Å². The third kappa shape index (κ3) is 5.57. The van der Waals surface area contributed by atoms with Crippen molar-refractivity contribution in [3.8, 4) is 5.75 Å². The van der Waals surface area contributed by atoms with Gasteiger partial charge in [0.05, 0.1) is 27.4 Å². The summed E-state index contributed by atoms with van der Waals surface area (Å²) in [4.78, 5) is 24.2. The molecule has 0 bridgehead atoms. The Morgan fingerprint density at radius 2 is 1.59 bits per heavy atom. The first-order chi connectivity index (χ1) is 13.9. The van der Waals surface area contributed by atoms with Crippen molar-refractivity contribution in [2.75, 3.05) is 0 Å². The van der Waals surface area contributed by atoms with E-state index in [0.29, 0.717) is 26.9 Å². The minimum Gasteiger partial charge on any atom is -0.423 e. The monoisotopic (exact) mass is 446 g/mol. The maximum atomic E-state index is 12.2. The lowest BCUT2D eigenvalue weighted by Crippen LogP contribution is -2.17. The van der Waals surface area contributed by atoms with Gasteiger partial charge in [0.15, 0.2) is 0 Å². The van der Waals surface area contributed by atoms with Crippen LogP contribution in [0.25, 0.3) is 0 Å². The molecule has 0 heterocycles. The van der Waals surface area contributed by atoms with Crippen LogP contribution in [0.15, 0.2) is 71.8 Å². The van der Waals surface area contributed by atoms with Crippen LogP contribution < -0.4 is 10.2 Å². The second-order valence-electron chi connectivity index (χ2n) is 5.76. The smallest absolute Gasteiger partial charge is 0.345 e. The third-order valence-corrected chi connectivity index (χ3v) is 4.62. The number of hydrogen-bond acceptors (Lipinski definition) is 4. The van der Waals surface area contributed by atoms with Crippen molar-refractivity contribution in [1.29, 1.82) is 0 Å². The maximum absolute atomic E-state index is 12.2. The average molecular weight is 448 g/mol. The zero-order valence-electron chi connectivity index (χ0n) is 14.7. The Balaban J connectivity index is 1.60. The highest BCUT2D eigenvalue weighted by atomic mass is 35.5. The highest BCUT2D eigenvalue weighted by molar-refractivity contribution is 6.36. The fourth-order valence-electron chi connectivity index (χ4n) is 2.31. The summed E-state index contributed by atoms with van der Waals surface area (Å²) in [6.45, 7) is 0. The molecule has 0 aliphatic heterocycles. The van der Waals surface area contributed by atoms with E-state index >= 15 is 0 Å². The highest BCUT2D eigenvalue weighted by Crippen LogP contribution is 2.23. The number of nitrogens with zero attached hydrogens (tertiary/aromatic N) is 1. The molecular weight excluding hydrogens is 435 g/mol. The normalized spacial score (nSPS) is 10.7. The lowest BCUT2D eigenvalue weighted by Gasteiger charge is -2.06. The highest BCUT2D eigenvalue weighted by Gasteiger charge is 2.13. The van der Waals surface area contributed by atoms with Crippen molar-refractivity contribution >= 4 is 52.9 Å².